The second-order valence-electron chi connectivity index (χ2n) is 3.83. The SMILES string of the molecule is Cc1cc(N)c(C)n1CC(C)C. The lowest BCUT2D eigenvalue weighted by Crippen LogP contribution is -2.07. The first-order valence-corrected chi connectivity index (χ1v) is 4.44. The van der Waals surface area contributed by atoms with Crippen LogP contribution in [0.25, 0.3) is 0 Å². The molecule has 0 aliphatic carbocycles. The van der Waals surface area contributed by atoms with Crippen molar-refractivity contribution in [1.82, 2.24) is 4.57 Å². The average molecular weight is 166 g/mol. The largest absolute Gasteiger partial charge is 0.397 e. The molecule has 0 saturated carbocycles. The molecular weight excluding hydrogens is 148 g/mol. The number of aromatic nitrogens is 1. The van der Waals surface area contributed by atoms with Crippen molar-refractivity contribution in [1.29, 1.82) is 0 Å². The normalized spacial score (nSPS) is 11.1. The van der Waals surface area contributed by atoms with Crippen LogP contribution in [0.15, 0.2) is 6.07 Å². The van der Waals surface area contributed by atoms with Crippen molar-refractivity contribution in [3.63, 3.8) is 0 Å². The fourth-order valence-corrected chi connectivity index (χ4v) is 1.47. The van der Waals surface area contributed by atoms with E-state index in [0.717, 1.165) is 12.2 Å². The van der Waals surface area contributed by atoms with Gasteiger partial charge in [0.1, 0.15) is 0 Å². The summed E-state index contributed by atoms with van der Waals surface area (Å²) in [6, 6.07) is 2.04. The molecule has 0 aliphatic heterocycles. The second-order valence-corrected chi connectivity index (χ2v) is 3.83. The first kappa shape index (κ1) is 9.17. The van der Waals surface area contributed by atoms with E-state index in [0.29, 0.717) is 5.92 Å². The number of aryl methyl sites for hydroxylation is 1. The van der Waals surface area contributed by atoms with Crippen LogP contribution in [0.3, 0.4) is 0 Å². The fraction of sp³-hybridized carbons (Fsp3) is 0.600. The molecule has 0 bridgehead atoms. The minimum Gasteiger partial charge on any atom is -0.397 e. The lowest BCUT2D eigenvalue weighted by Gasteiger charge is -2.11. The highest BCUT2D eigenvalue weighted by molar-refractivity contribution is 5.46. The van der Waals surface area contributed by atoms with Crippen molar-refractivity contribution in [2.75, 3.05) is 5.73 Å². The van der Waals surface area contributed by atoms with E-state index >= 15 is 0 Å². The molecule has 12 heavy (non-hydrogen) atoms. The first-order chi connectivity index (χ1) is 5.52. The zero-order valence-electron chi connectivity index (χ0n) is 8.39. The number of anilines is 1. The molecule has 0 amide bonds. The van der Waals surface area contributed by atoms with Crippen molar-refractivity contribution < 1.29 is 0 Å². The van der Waals surface area contributed by atoms with Gasteiger partial charge in [0.05, 0.1) is 5.69 Å². The third-order valence-electron chi connectivity index (χ3n) is 2.16. The Morgan fingerprint density at radius 3 is 2.33 bits per heavy atom. The number of nitrogen functional groups attached to an aromatic ring is 1. The van der Waals surface area contributed by atoms with Crippen molar-refractivity contribution >= 4 is 5.69 Å². The van der Waals surface area contributed by atoms with Gasteiger partial charge in [-0.05, 0) is 25.8 Å². The Hall–Kier alpha value is -0.920. The summed E-state index contributed by atoms with van der Waals surface area (Å²) in [6.07, 6.45) is 0. The molecule has 0 atom stereocenters. The van der Waals surface area contributed by atoms with E-state index in [4.69, 9.17) is 5.73 Å². The lowest BCUT2D eigenvalue weighted by molar-refractivity contribution is 0.509. The molecule has 2 heteroatoms. The number of hydrogen-bond acceptors (Lipinski definition) is 1. The Morgan fingerprint density at radius 1 is 1.42 bits per heavy atom. The molecule has 1 heterocycles. The highest BCUT2D eigenvalue weighted by Gasteiger charge is 2.06. The Balaban J connectivity index is 2.97. The van der Waals surface area contributed by atoms with Crippen molar-refractivity contribution in [2.24, 2.45) is 5.92 Å². The maximum atomic E-state index is 5.80. The topological polar surface area (TPSA) is 30.9 Å². The molecule has 0 aromatic carbocycles. The van der Waals surface area contributed by atoms with Crippen molar-refractivity contribution in [3.8, 4) is 0 Å². The van der Waals surface area contributed by atoms with Crippen molar-refractivity contribution in [2.45, 2.75) is 34.2 Å². The maximum absolute atomic E-state index is 5.80. The molecule has 0 unspecified atom stereocenters. The van der Waals surface area contributed by atoms with Crippen LogP contribution >= 0.6 is 0 Å². The molecule has 1 aromatic rings. The van der Waals surface area contributed by atoms with Gasteiger partial charge in [-0.25, -0.2) is 0 Å². The third-order valence-corrected chi connectivity index (χ3v) is 2.16. The third kappa shape index (κ3) is 1.63. The molecule has 68 valence electrons. The zero-order valence-corrected chi connectivity index (χ0v) is 8.39. The van der Waals surface area contributed by atoms with E-state index in [2.05, 4.69) is 32.3 Å². The predicted molar refractivity (Wildman–Crippen MR) is 53.2 cm³/mol. The highest BCUT2D eigenvalue weighted by Crippen LogP contribution is 2.17. The van der Waals surface area contributed by atoms with E-state index in [1.807, 2.05) is 6.07 Å². The van der Waals surface area contributed by atoms with Crippen molar-refractivity contribution in [3.05, 3.63) is 17.5 Å². The van der Waals surface area contributed by atoms with Gasteiger partial charge in [0.25, 0.3) is 0 Å². The van der Waals surface area contributed by atoms with E-state index < -0.39 is 0 Å². The average Bonchev–Trinajstić information content (AvgIpc) is 2.16. The van der Waals surface area contributed by atoms with Gasteiger partial charge in [0.15, 0.2) is 0 Å². The fourth-order valence-electron chi connectivity index (χ4n) is 1.47. The quantitative estimate of drug-likeness (QED) is 0.718. The molecule has 0 radical (unpaired) electrons. The summed E-state index contributed by atoms with van der Waals surface area (Å²) < 4.78 is 2.28. The number of hydrogen-bond donors (Lipinski definition) is 1. The van der Waals surface area contributed by atoms with Crippen LogP contribution in [0, 0.1) is 19.8 Å². The second kappa shape index (κ2) is 3.21. The maximum Gasteiger partial charge on any atom is 0.0526 e. The summed E-state index contributed by atoms with van der Waals surface area (Å²) in [6.45, 7) is 9.68. The van der Waals surface area contributed by atoms with E-state index in [1.54, 1.807) is 0 Å². The van der Waals surface area contributed by atoms with Gasteiger partial charge >= 0.3 is 0 Å². The van der Waals surface area contributed by atoms with Gasteiger partial charge in [0.2, 0.25) is 0 Å². The van der Waals surface area contributed by atoms with Crippen LogP contribution in [0.1, 0.15) is 25.2 Å². The van der Waals surface area contributed by atoms with Gasteiger partial charge in [0, 0.05) is 17.9 Å². The standard InChI is InChI=1S/C10H18N2/c1-7(2)6-12-8(3)5-10(11)9(12)4/h5,7H,6,11H2,1-4H3. The summed E-state index contributed by atoms with van der Waals surface area (Å²) >= 11 is 0. The number of nitrogens with zero attached hydrogens (tertiary/aromatic N) is 1. The van der Waals surface area contributed by atoms with Crippen LogP contribution in [0.4, 0.5) is 5.69 Å². The predicted octanol–water partition coefficient (Wildman–Crippen LogP) is 2.34. The Labute approximate surface area is 74.4 Å². The van der Waals surface area contributed by atoms with Gasteiger partial charge in [-0.3, -0.25) is 0 Å². The summed E-state index contributed by atoms with van der Waals surface area (Å²) in [5.74, 6) is 0.675. The first-order valence-electron chi connectivity index (χ1n) is 4.44. The van der Waals surface area contributed by atoms with Crippen LogP contribution in [-0.4, -0.2) is 4.57 Å². The smallest absolute Gasteiger partial charge is 0.0526 e. The number of rotatable bonds is 2. The van der Waals surface area contributed by atoms with Gasteiger partial charge in [-0.2, -0.15) is 0 Å². The number of nitrogens with two attached hydrogens (primary N) is 1. The summed E-state index contributed by atoms with van der Waals surface area (Å²) in [5.41, 5.74) is 9.16. The summed E-state index contributed by atoms with van der Waals surface area (Å²) in [4.78, 5) is 0. The molecule has 0 spiro atoms. The zero-order chi connectivity index (χ0) is 9.30. The van der Waals surface area contributed by atoms with E-state index in [1.165, 1.54) is 11.4 Å². The Morgan fingerprint density at radius 2 is 2.00 bits per heavy atom. The van der Waals surface area contributed by atoms with Gasteiger partial charge in [-0.1, -0.05) is 13.8 Å². The summed E-state index contributed by atoms with van der Waals surface area (Å²) in [5, 5.41) is 0. The van der Waals surface area contributed by atoms with E-state index in [9.17, 15) is 0 Å². The van der Waals surface area contributed by atoms with E-state index in [-0.39, 0.29) is 0 Å². The lowest BCUT2D eigenvalue weighted by atomic mass is 10.2. The minimum atomic E-state index is 0.675. The summed E-state index contributed by atoms with van der Waals surface area (Å²) in [7, 11) is 0. The monoisotopic (exact) mass is 166 g/mol. The molecule has 0 aliphatic rings. The Kier molecular flexibility index (Phi) is 2.46. The molecule has 0 saturated heterocycles. The molecule has 1 rings (SSSR count). The highest BCUT2D eigenvalue weighted by atomic mass is 15.0. The van der Waals surface area contributed by atoms with Crippen LogP contribution < -0.4 is 5.73 Å². The minimum absolute atomic E-state index is 0.675. The van der Waals surface area contributed by atoms with Crippen LogP contribution in [0.2, 0.25) is 0 Å². The van der Waals surface area contributed by atoms with Gasteiger partial charge < -0.3 is 10.3 Å². The van der Waals surface area contributed by atoms with Crippen LogP contribution in [-0.2, 0) is 6.54 Å². The molecule has 1 aromatic heterocycles. The Bertz CT molecular complexity index is 272. The molecule has 2 N–H and O–H groups in total. The van der Waals surface area contributed by atoms with Crippen LogP contribution in [0.5, 0.6) is 0 Å². The van der Waals surface area contributed by atoms with Gasteiger partial charge in [-0.15, -0.1) is 0 Å². The molecule has 2 nitrogen and oxygen atoms in total. The molecule has 0 fully saturated rings. The molecular formula is C10H18N2.